The smallest absolute Gasteiger partial charge is 0.328 e. The van der Waals surface area contributed by atoms with Gasteiger partial charge in [-0.15, -0.1) is 10.1 Å². The van der Waals surface area contributed by atoms with Crippen LogP contribution in [-0.2, 0) is 20.8 Å². The minimum Gasteiger partial charge on any atom is -0.481 e. The highest BCUT2D eigenvalue weighted by molar-refractivity contribution is 5.83. The van der Waals surface area contributed by atoms with Gasteiger partial charge in [0.2, 0.25) is 0 Å². The topological polar surface area (TPSA) is 142 Å². The number of hydrogen-bond acceptors (Lipinski definition) is 7. The van der Waals surface area contributed by atoms with E-state index in [1.165, 1.54) is 12.1 Å². The van der Waals surface area contributed by atoms with E-state index in [-0.39, 0.29) is 18.8 Å². The zero-order valence-corrected chi connectivity index (χ0v) is 10.9. The summed E-state index contributed by atoms with van der Waals surface area (Å²) in [6.07, 6.45) is -0.275. The molecule has 0 fully saturated rings. The number of esters is 1. The number of rotatable bonds is 8. The number of carbonyl (C=O) groups excluding carboxylic acids is 1. The van der Waals surface area contributed by atoms with Crippen molar-refractivity contribution in [1.82, 2.24) is 0 Å². The molecule has 0 aliphatic rings. The van der Waals surface area contributed by atoms with Crippen LogP contribution in [-0.4, -0.2) is 34.8 Å². The lowest BCUT2D eigenvalue weighted by molar-refractivity contribution is -0.757. The standard InChI is InChI=1S/C12H14N2O7/c13-10(7-11(15)16)12(17)21-9-3-1-2-8(6-9)4-5-20-14(18)19/h1-3,6,10H,4-5,7,13H2,(H,15,16). The zero-order chi connectivity index (χ0) is 15.8. The Morgan fingerprint density at radius 1 is 1.43 bits per heavy atom. The summed E-state index contributed by atoms with van der Waals surface area (Å²) in [6.45, 7) is -0.122. The largest absolute Gasteiger partial charge is 0.481 e. The van der Waals surface area contributed by atoms with E-state index in [0.29, 0.717) is 5.56 Å². The van der Waals surface area contributed by atoms with E-state index in [9.17, 15) is 19.7 Å². The molecule has 1 aromatic carbocycles. The Hall–Kier alpha value is -2.68. The van der Waals surface area contributed by atoms with Gasteiger partial charge in [0.1, 0.15) is 18.4 Å². The lowest BCUT2D eigenvalue weighted by atomic mass is 10.1. The molecule has 0 aromatic heterocycles. The number of carboxylic acids is 1. The monoisotopic (exact) mass is 298 g/mol. The molecular formula is C12H14N2O7. The van der Waals surface area contributed by atoms with E-state index in [0.717, 1.165) is 0 Å². The minimum atomic E-state index is -1.26. The number of carboxylic acid groups (broad SMARTS) is 1. The van der Waals surface area contributed by atoms with Crippen molar-refractivity contribution in [2.24, 2.45) is 5.73 Å². The molecule has 21 heavy (non-hydrogen) atoms. The summed E-state index contributed by atoms with van der Waals surface area (Å²) in [5.41, 5.74) is 6.03. The number of ether oxygens (including phenoxy) is 1. The first-order valence-electron chi connectivity index (χ1n) is 5.94. The van der Waals surface area contributed by atoms with Crippen LogP contribution < -0.4 is 10.5 Å². The number of carbonyl (C=O) groups is 2. The summed E-state index contributed by atoms with van der Waals surface area (Å²) < 4.78 is 4.94. The fourth-order valence-corrected chi connectivity index (χ4v) is 1.47. The highest BCUT2D eigenvalue weighted by Crippen LogP contribution is 2.14. The number of aliphatic carboxylic acids is 1. The molecule has 0 saturated carbocycles. The van der Waals surface area contributed by atoms with Crippen LogP contribution in [0.3, 0.4) is 0 Å². The molecule has 0 aliphatic heterocycles. The number of nitrogens with two attached hydrogens (primary N) is 1. The molecule has 0 spiro atoms. The minimum absolute atomic E-state index is 0.122. The maximum Gasteiger partial charge on any atom is 0.328 e. The third kappa shape index (κ3) is 6.34. The van der Waals surface area contributed by atoms with Gasteiger partial charge in [-0.1, -0.05) is 12.1 Å². The average Bonchev–Trinajstić information content (AvgIpc) is 2.37. The molecule has 3 N–H and O–H groups in total. The van der Waals surface area contributed by atoms with Gasteiger partial charge in [0.15, 0.2) is 0 Å². The first kappa shape index (κ1) is 16.4. The molecule has 0 aliphatic carbocycles. The van der Waals surface area contributed by atoms with Crippen LogP contribution in [0.1, 0.15) is 12.0 Å². The summed E-state index contributed by atoms with van der Waals surface area (Å²) in [5.74, 6) is -1.89. The number of nitrogens with zero attached hydrogens (tertiary/aromatic N) is 1. The van der Waals surface area contributed by atoms with E-state index in [2.05, 4.69) is 4.84 Å². The normalized spacial score (nSPS) is 11.5. The van der Waals surface area contributed by atoms with Crippen molar-refractivity contribution in [2.75, 3.05) is 6.61 Å². The summed E-state index contributed by atoms with van der Waals surface area (Å²) in [4.78, 5) is 36.2. The SMILES string of the molecule is NC(CC(=O)O)C(=O)Oc1cccc(CCO[N+](=O)[O-])c1. The van der Waals surface area contributed by atoms with Crippen LogP contribution in [0.2, 0.25) is 0 Å². The predicted molar refractivity (Wildman–Crippen MR) is 69.0 cm³/mol. The predicted octanol–water partition coefficient (Wildman–Crippen LogP) is 0.145. The van der Waals surface area contributed by atoms with Gasteiger partial charge in [-0.2, -0.15) is 0 Å². The lowest BCUT2D eigenvalue weighted by Gasteiger charge is -2.10. The molecule has 0 heterocycles. The highest BCUT2D eigenvalue weighted by Gasteiger charge is 2.19. The molecule has 0 saturated heterocycles. The molecule has 1 rings (SSSR count). The second kappa shape index (κ2) is 7.80. The average molecular weight is 298 g/mol. The lowest BCUT2D eigenvalue weighted by Crippen LogP contribution is -2.36. The van der Waals surface area contributed by atoms with E-state index in [4.69, 9.17) is 15.6 Å². The van der Waals surface area contributed by atoms with Gasteiger partial charge in [0.25, 0.3) is 5.09 Å². The third-order valence-corrected chi connectivity index (χ3v) is 2.40. The van der Waals surface area contributed by atoms with Crippen molar-refractivity contribution in [3.8, 4) is 5.75 Å². The van der Waals surface area contributed by atoms with Crippen LogP contribution in [0.4, 0.5) is 0 Å². The van der Waals surface area contributed by atoms with Gasteiger partial charge in [0.05, 0.1) is 6.42 Å². The molecular weight excluding hydrogens is 284 g/mol. The Labute approximate surface area is 119 Å². The van der Waals surface area contributed by atoms with Gasteiger partial charge in [-0.05, 0) is 24.1 Å². The van der Waals surface area contributed by atoms with Crippen molar-refractivity contribution in [3.05, 3.63) is 39.9 Å². The maximum absolute atomic E-state index is 11.5. The summed E-state index contributed by atoms with van der Waals surface area (Å²) >= 11 is 0. The molecule has 0 amide bonds. The molecule has 0 bridgehead atoms. The first-order valence-corrected chi connectivity index (χ1v) is 5.94. The molecule has 1 unspecified atom stereocenters. The Morgan fingerprint density at radius 2 is 2.14 bits per heavy atom. The molecule has 9 heteroatoms. The second-order valence-electron chi connectivity index (χ2n) is 4.08. The van der Waals surface area contributed by atoms with E-state index in [1.807, 2.05) is 0 Å². The quantitative estimate of drug-likeness (QED) is 0.299. The van der Waals surface area contributed by atoms with Crippen molar-refractivity contribution in [2.45, 2.75) is 18.9 Å². The van der Waals surface area contributed by atoms with E-state index in [1.54, 1.807) is 12.1 Å². The van der Waals surface area contributed by atoms with Crippen LogP contribution in [0.15, 0.2) is 24.3 Å². The molecule has 114 valence electrons. The van der Waals surface area contributed by atoms with Crippen molar-refractivity contribution in [3.63, 3.8) is 0 Å². The van der Waals surface area contributed by atoms with Gasteiger partial charge in [-0.3, -0.25) is 4.79 Å². The first-order chi connectivity index (χ1) is 9.88. The van der Waals surface area contributed by atoms with Gasteiger partial charge in [0, 0.05) is 0 Å². The molecule has 1 aromatic rings. The van der Waals surface area contributed by atoms with E-state index < -0.39 is 29.5 Å². The van der Waals surface area contributed by atoms with Gasteiger partial charge < -0.3 is 20.4 Å². The molecule has 9 nitrogen and oxygen atoms in total. The van der Waals surface area contributed by atoms with Gasteiger partial charge in [-0.25, -0.2) is 4.79 Å². The number of hydrogen-bond donors (Lipinski definition) is 2. The third-order valence-electron chi connectivity index (χ3n) is 2.40. The fraction of sp³-hybridized carbons (Fsp3) is 0.333. The molecule has 1 atom stereocenters. The van der Waals surface area contributed by atoms with Gasteiger partial charge >= 0.3 is 11.9 Å². The maximum atomic E-state index is 11.5. The summed E-state index contributed by atoms with van der Waals surface area (Å²) in [5, 5.41) is 17.7. The summed E-state index contributed by atoms with van der Waals surface area (Å²) in [6, 6.07) is 4.99. The molecule has 0 radical (unpaired) electrons. The second-order valence-corrected chi connectivity index (χ2v) is 4.08. The van der Waals surface area contributed by atoms with Crippen LogP contribution in [0.25, 0.3) is 0 Å². The number of benzene rings is 1. The zero-order valence-electron chi connectivity index (χ0n) is 10.9. The van der Waals surface area contributed by atoms with Crippen molar-refractivity contribution in [1.29, 1.82) is 0 Å². The Bertz CT molecular complexity index is 532. The van der Waals surface area contributed by atoms with Crippen LogP contribution >= 0.6 is 0 Å². The highest BCUT2D eigenvalue weighted by atomic mass is 16.9. The fourth-order valence-electron chi connectivity index (χ4n) is 1.47. The van der Waals surface area contributed by atoms with Crippen LogP contribution in [0.5, 0.6) is 5.75 Å². The Balaban J connectivity index is 2.57. The Morgan fingerprint density at radius 3 is 2.76 bits per heavy atom. The van der Waals surface area contributed by atoms with Crippen molar-refractivity contribution >= 4 is 11.9 Å². The van der Waals surface area contributed by atoms with Crippen LogP contribution in [0, 0.1) is 10.1 Å². The van der Waals surface area contributed by atoms with Crippen molar-refractivity contribution < 1.29 is 29.4 Å². The Kier molecular flexibility index (Phi) is 6.08. The van der Waals surface area contributed by atoms with E-state index >= 15 is 0 Å². The summed E-state index contributed by atoms with van der Waals surface area (Å²) in [7, 11) is 0.